The topological polar surface area (TPSA) is 38.2 Å². The third kappa shape index (κ3) is 7.36. The number of pyridine rings is 2. The molecular formula is C24H26F3N3O. The van der Waals surface area contributed by atoms with Gasteiger partial charge in [-0.05, 0) is 47.5 Å². The number of halogens is 3. The van der Waals surface area contributed by atoms with Gasteiger partial charge in [-0.25, -0.2) is 0 Å². The SMILES string of the molecule is CC(C)(COc1ccc(C(F)(F)F)cc1)CN(Cc1cccnc1)Cc1cccnc1. The third-order valence-corrected chi connectivity index (χ3v) is 4.72. The van der Waals surface area contributed by atoms with Crippen molar-refractivity contribution in [3.8, 4) is 5.75 Å². The number of hydrogen-bond donors (Lipinski definition) is 0. The van der Waals surface area contributed by atoms with Gasteiger partial charge in [0.1, 0.15) is 5.75 Å². The fourth-order valence-corrected chi connectivity index (χ4v) is 3.34. The van der Waals surface area contributed by atoms with Crippen molar-refractivity contribution in [3.63, 3.8) is 0 Å². The Morgan fingerprint density at radius 3 is 1.84 bits per heavy atom. The number of aromatic nitrogens is 2. The summed E-state index contributed by atoms with van der Waals surface area (Å²) < 4.78 is 44.0. The molecule has 0 aliphatic rings. The summed E-state index contributed by atoms with van der Waals surface area (Å²) in [4.78, 5) is 10.7. The van der Waals surface area contributed by atoms with Crippen LogP contribution >= 0.6 is 0 Å². The molecule has 0 saturated heterocycles. The van der Waals surface area contributed by atoms with Crippen LogP contribution < -0.4 is 4.74 Å². The fourth-order valence-electron chi connectivity index (χ4n) is 3.34. The fraction of sp³-hybridized carbons (Fsp3) is 0.333. The molecule has 0 unspecified atom stereocenters. The lowest BCUT2D eigenvalue weighted by Crippen LogP contribution is -2.37. The van der Waals surface area contributed by atoms with Crippen LogP contribution in [0.25, 0.3) is 0 Å². The molecule has 0 aliphatic heterocycles. The number of nitrogens with zero attached hydrogens (tertiary/aromatic N) is 3. The second-order valence-corrected chi connectivity index (χ2v) is 8.34. The number of ether oxygens (including phenoxy) is 1. The van der Waals surface area contributed by atoms with Crippen LogP contribution in [0.5, 0.6) is 5.75 Å². The summed E-state index contributed by atoms with van der Waals surface area (Å²) in [5.41, 5.74) is 1.28. The second kappa shape index (κ2) is 9.92. The minimum atomic E-state index is -4.35. The zero-order chi connectivity index (χ0) is 22.3. The molecule has 0 amide bonds. The Morgan fingerprint density at radius 2 is 1.39 bits per heavy atom. The van der Waals surface area contributed by atoms with Gasteiger partial charge in [0.15, 0.2) is 0 Å². The van der Waals surface area contributed by atoms with E-state index in [9.17, 15) is 13.2 Å². The van der Waals surface area contributed by atoms with Gasteiger partial charge in [-0.3, -0.25) is 14.9 Å². The minimum Gasteiger partial charge on any atom is -0.493 e. The van der Waals surface area contributed by atoms with Gasteiger partial charge in [0.25, 0.3) is 0 Å². The zero-order valence-corrected chi connectivity index (χ0v) is 17.6. The van der Waals surface area contributed by atoms with Crippen LogP contribution in [0.3, 0.4) is 0 Å². The molecule has 0 saturated carbocycles. The van der Waals surface area contributed by atoms with E-state index in [1.807, 2.05) is 36.7 Å². The molecule has 3 rings (SSSR count). The molecule has 0 fully saturated rings. The van der Waals surface area contributed by atoms with Crippen LogP contribution in [0.2, 0.25) is 0 Å². The van der Waals surface area contributed by atoms with Crippen molar-refractivity contribution in [2.24, 2.45) is 5.41 Å². The predicted molar refractivity (Wildman–Crippen MR) is 113 cm³/mol. The molecule has 1 aromatic carbocycles. The zero-order valence-electron chi connectivity index (χ0n) is 17.6. The second-order valence-electron chi connectivity index (χ2n) is 8.34. The molecule has 0 spiro atoms. The summed E-state index contributed by atoms with van der Waals surface area (Å²) >= 11 is 0. The standard InChI is InChI=1S/C24H26F3N3O/c1-23(2,18-31-22-9-7-21(8-10-22)24(25,26)27)17-30(15-19-5-3-11-28-13-19)16-20-6-4-12-29-14-20/h3-14H,15-18H2,1-2H3. The molecule has 4 nitrogen and oxygen atoms in total. The van der Waals surface area contributed by atoms with Gasteiger partial charge in [0, 0.05) is 49.8 Å². The molecule has 7 heteroatoms. The molecule has 0 bridgehead atoms. The summed E-state index contributed by atoms with van der Waals surface area (Å²) in [5, 5.41) is 0. The van der Waals surface area contributed by atoms with Crippen molar-refractivity contribution in [1.82, 2.24) is 14.9 Å². The minimum absolute atomic E-state index is 0.243. The lowest BCUT2D eigenvalue weighted by molar-refractivity contribution is -0.137. The number of hydrogen-bond acceptors (Lipinski definition) is 4. The summed E-state index contributed by atoms with van der Waals surface area (Å²) in [5.74, 6) is 0.423. The first kappa shape index (κ1) is 22.7. The van der Waals surface area contributed by atoms with Gasteiger partial charge >= 0.3 is 6.18 Å². The Labute approximate surface area is 180 Å². The molecule has 2 aromatic heterocycles. The number of benzene rings is 1. The van der Waals surface area contributed by atoms with Crippen LogP contribution in [0.4, 0.5) is 13.2 Å². The van der Waals surface area contributed by atoms with E-state index in [1.165, 1.54) is 12.1 Å². The van der Waals surface area contributed by atoms with E-state index >= 15 is 0 Å². The van der Waals surface area contributed by atoms with Gasteiger partial charge in [0.2, 0.25) is 0 Å². The Morgan fingerprint density at radius 1 is 0.839 bits per heavy atom. The van der Waals surface area contributed by atoms with Crippen molar-refractivity contribution in [2.75, 3.05) is 13.2 Å². The number of rotatable bonds is 9. The smallest absolute Gasteiger partial charge is 0.416 e. The Hall–Kier alpha value is -2.93. The first-order valence-corrected chi connectivity index (χ1v) is 10.0. The van der Waals surface area contributed by atoms with Gasteiger partial charge < -0.3 is 4.74 Å². The first-order valence-electron chi connectivity index (χ1n) is 10.0. The summed E-state index contributed by atoms with van der Waals surface area (Å²) in [6.07, 6.45) is 2.84. The maximum absolute atomic E-state index is 12.7. The van der Waals surface area contributed by atoms with Crippen LogP contribution in [-0.4, -0.2) is 28.0 Å². The highest BCUT2D eigenvalue weighted by atomic mass is 19.4. The van der Waals surface area contributed by atoms with Crippen molar-refractivity contribution >= 4 is 0 Å². The van der Waals surface area contributed by atoms with Crippen molar-refractivity contribution < 1.29 is 17.9 Å². The van der Waals surface area contributed by atoms with E-state index in [-0.39, 0.29) is 5.41 Å². The quantitative estimate of drug-likeness (QED) is 0.444. The summed E-state index contributed by atoms with van der Waals surface area (Å²) in [7, 11) is 0. The average Bonchev–Trinajstić information content (AvgIpc) is 2.73. The lowest BCUT2D eigenvalue weighted by Gasteiger charge is -2.32. The molecule has 2 heterocycles. The van der Waals surface area contributed by atoms with E-state index in [0.717, 1.165) is 29.8 Å². The monoisotopic (exact) mass is 429 g/mol. The van der Waals surface area contributed by atoms with Crippen molar-refractivity contribution in [3.05, 3.63) is 90.0 Å². The molecule has 31 heavy (non-hydrogen) atoms. The predicted octanol–water partition coefficient (Wildman–Crippen LogP) is 5.60. The molecule has 164 valence electrons. The highest BCUT2D eigenvalue weighted by Crippen LogP contribution is 2.30. The van der Waals surface area contributed by atoms with Gasteiger partial charge in [-0.2, -0.15) is 13.2 Å². The van der Waals surface area contributed by atoms with E-state index in [0.29, 0.717) is 25.4 Å². The molecular weight excluding hydrogens is 403 g/mol. The van der Waals surface area contributed by atoms with Gasteiger partial charge in [-0.1, -0.05) is 26.0 Å². The molecule has 0 radical (unpaired) electrons. The molecule has 3 aromatic rings. The van der Waals surface area contributed by atoms with Crippen LogP contribution in [0.15, 0.2) is 73.3 Å². The average molecular weight is 429 g/mol. The Bertz CT molecular complexity index is 888. The summed E-state index contributed by atoms with van der Waals surface area (Å²) in [6, 6.07) is 12.7. The van der Waals surface area contributed by atoms with E-state index in [1.54, 1.807) is 12.4 Å². The van der Waals surface area contributed by atoms with Gasteiger partial charge in [-0.15, -0.1) is 0 Å². The van der Waals surface area contributed by atoms with E-state index in [2.05, 4.69) is 28.7 Å². The van der Waals surface area contributed by atoms with Crippen molar-refractivity contribution in [1.29, 1.82) is 0 Å². The van der Waals surface area contributed by atoms with Crippen LogP contribution in [-0.2, 0) is 19.3 Å². The maximum Gasteiger partial charge on any atom is 0.416 e. The molecule has 0 aliphatic carbocycles. The molecule has 0 N–H and O–H groups in total. The Kier molecular flexibility index (Phi) is 7.28. The highest BCUT2D eigenvalue weighted by Gasteiger charge is 2.30. The maximum atomic E-state index is 12.7. The summed E-state index contributed by atoms with van der Waals surface area (Å²) in [6.45, 7) is 6.68. The molecule has 0 atom stereocenters. The van der Waals surface area contributed by atoms with E-state index in [4.69, 9.17) is 4.74 Å². The largest absolute Gasteiger partial charge is 0.493 e. The van der Waals surface area contributed by atoms with Crippen LogP contribution in [0, 0.1) is 5.41 Å². The van der Waals surface area contributed by atoms with E-state index < -0.39 is 11.7 Å². The van der Waals surface area contributed by atoms with Gasteiger partial charge in [0.05, 0.1) is 12.2 Å². The number of alkyl halides is 3. The first-order chi connectivity index (χ1) is 14.7. The lowest BCUT2D eigenvalue weighted by atomic mass is 9.93. The normalized spacial score (nSPS) is 12.2. The highest BCUT2D eigenvalue weighted by molar-refractivity contribution is 5.28. The third-order valence-electron chi connectivity index (χ3n) is 4.72. The van der Waals surface area contributed by atoms with Crippen LogP contribution in [0.1, 0.15) is 30.5 Å². The van der Waals surface area contributed by atoms with Crippen molar-refractivity contribution in [2.45, 2.75) is 33.1 Å². The Balaban J connectivity index is 1.65.